The summed E-state index contributed by atoms with van der Waals surface area (Å²) < 4.78 is 2.49. The fraction of sp³-hybridized carbons (Fsp3) is 0.500. The van der Waals surface area contributed by atoms with Crippen molar-refractivity contribution in [3.8, 4) is 5.75 Å². The van der Waals surface area contributed by atoms with Crippen molar-refractivity contribution in [1.82, 2.24) is 20.2 Å². The van der Waals surface area contributed by atoms with Gasteiger partial charge in [0, 0.05) is 23.6 Å². The van der Waals surface area contributed by atoms with Crippen LogP contribution in [0.3, 0.4) is 0 Å². The van der Waals surface area contributed by atoms with Crippen molar-refractivity contribution in [2.75, 3.05) is 20.1 Å². The summed E-state index contributed by atoms with van der Waals surface area (Å²) in [5, 5.41) is 17.5. The summed E-state index contributed by atoms with van der Waals surface area (Å²) in [6, 6.07) is 15.5. The van der Waals surface area contributed by atoms with Gasteiger partial charge in [-0.3, -0.25) is 0 Å². The van der Waals surface area contributed by atoms with Gasteiger partial charge in [-0.05, 0) is 76.9 Å². The van der Waals surface area contributed by atoms with Crippen LogP contribution in [0, 0.1) is 0 Å². The molecule has 2 aromatic carbocycles. The van der Waals surface area contributed by atoms with E-state index in [9.17, 15) is 5.11 Å². The molecular weight excluding hydrogens is 384 g/mol. The van der Waals surface area contributed by atoms with Crippen molar-refractivity contribution in [2.45, 2.75) is 64.0 Å². The van der Waals surface area contributed by atoms with Gasteiger partial charge in [0.25, 0.3) is 0 Å². The molecule has 1 aliphatic heterocycles. The van der Waals surface area contributed by atoms with E-state index < -0.39 is 0 Å². The van der Waals surface area contributed by atoms with Crippen LogP contribution in [-0.2, 0) is 12.8 Å². The standard InChI is InChI=1S/C26H36N4O/c1-18(17-20-7-5-4-6-8-20)26-29-25-22(10-9-19(2)27-3)24(31)12-11-23(25)30(26)21-13-15-28-16-14-21/h4-8,11-12,18-19,21,27-28,31H,9-10,13-17H2,1-3H3. The van der Waals surface area contributed by atoms with Gasteiger partial charge in [-0.25, -0.2) is 4.98 Å². The number of hydrogen-bond donors (Lipinski definition) is 3. The topological polar surface area (TPSA) is 62.1 Å². The van der Waals surface area contributed by atoms with Crippen LogP contribution in [0.4, 0.5) is 0 Å². The molecule has 0 bridgehead atoms. The molecule has 166 valence electrons. The average molecular weight is 421 g/mol. The Balaban J connectivity index is 1.77. The smallest absolute Gasteiger partial charge is 0.121 e. The first-order valence-corrected chi connectivity index (χ1v) is 11.7. The van der Waals surface area contributed by atoms with Gasteiger partial charge in [0.2, 0.25) is 0 Å². The Morgan fingerprint density at radius 1 is 1.13 bits per heavy atom. The van der Waals surface area contributed by atoms with E-state index in [0.717, 1.165) is 62.1 Å². The maximum Gasteiger partial charge on any atom is 0.121 e. The minimum Gasteiger partial charge on any atom is -0.508 e. The van der Waals surface area contributed by atoms with E-state index in [-0.39, 0.29) is 0 Å². The third-order valence-electron chi connectivity index (χ3n) is 6.79. The predicted molar refractivity (Wildman–Crippen MR) is 128 cm³/mol. The fourth-order valence-electron chi connectivity index (χ4n) is 4.83. The van der Waals surface area contributed by atoms with Crippen LogP contribution in [0.15, 0.2) is 42.5 Å². The molecule has 3 N–H and O–H groups in total. The summed E-state index contributed by atoms with van der Waals surface area (Å²) in [5.74, 6) is 1.82. The summed E-state index contributed by atoms with van der Waals surface area (Å²) in [5.41, 5.74) is 4.48. The second kappa shape index (κ2) is 9.84. The summed E-state index contributed by atoms with van der Waals surface area (Å²) >= 11 is 0. The maximum absolute atomic E-state index is 10.7. The lowest BCUT2D eigenvalue weighted by molar-refractivity contribution is 0.362. The highest BCUT2D eigenvalue weighted by atomic mass is 16.3. The molecule has 5 nitrogen and oxygen atoms in total. The molecule has 3 aromatic rings. The Morgan fingerprint density at radius 2 is 1.87 bits per heavy atom. The van der Waals surface area contributed by atoms with Gasteiger partial charge in [-0.15, -0.1) is 0 Å². The number of imidazole rings is 1. The highest BCUT2D eigenvalue weighted by Gasteiger charge is 2.26. The van der Waals surface area contributed by atoms with E-state index in [0.29, 0.717) is 23.8 Å². The quantitative estimate of drug-likeness (QED) is 0.500. The molecule has 0 saturated carbocycles. The Labute approximate surface area is 185 Å². The second-order valence-corrected chi connectivity index (χ2v) is 9.07. The van der Waals surface area contributed by atoms with Crippen molar-refractivity contribution < 1.29 is 5.11 Å². The first-order chi connectivity index (χ1) is 15.1. The SMILES string of the molecule is CNC(C)CCc1c(O)ccc2c1nc(C(C)Cc1ccccc1)n2C1CCNCC1. The van der Waals surface area contributed by atoms with Gasteiger partial charge in [0.15, 0.2) is 0 Å². The zero-order valence-corrected chi connectivity index (χ0v) is 19.1. The number of fused-ring (bicyclic) bond motifs is 1. The third-order valence-corrected chi connectivity index (χ3v) is 6.79. The van der Waals surface area contributed by atoms with Crippen LogP contribution in [0.25, 0.3) is 11.0 Å². The Morgan fingerprint density at radius 3 is 2.58 bits per heavy atom. The second-order valence-electron chi connectivity index (χ2n) is 9.07. The Kier molecular flexibility index (Phi) is 6.93. The molecule has 5 heteroatoms. The fourth-order valence-corrected chi connectivity index (χ4v) is 4.83. The number of phenolic OH excluding ortho intramolecular Hbond substituents is 1. The molecule has 2 heterocycles. The molecule has 1 aliphatic rings. The van der Waals surface area contributed by atoms with Crippen LogP contribution in [0.1, 0.15) is 62.0 Å². The van der Waals surface area contributed by atoms with Gasteiger partial charge in [-0.1, -0.05) is 37.3 Å². The molecule has 0 spiro atoms. The molecule has 31 heavy (non-hydrogen) atoms. The molecule has 2 unspecified atom stereocenters. The van der Waals surface area contributed by atoms with E-state index in [2.05, 4.69) is 65.4 Å². The van der Waals surface area contributed by atoms with Crippen molar-refractivity contribution in [1.29, 1.82) is 0 Å². The molecule has 0 radical (unpaired) electrons. The molecule has 0 amide bonds. The van der Waals surface area contributed by atoms with Gasteiger partial charge >= 0.3 is 0 Å². The Hall–Kier alpha value is -2.37. The normalized spacial score (nSPS) is 17.1. The third kappa shape index (κ3) is 4.78. The lowest BCUT2D eigenvalue weighted by atomic mass is 9.99. The van der Waals surface area contributed by atoms with Crippen molar-refractivity contribution in [2.24, 2.45) is 0 Å². The molecule has 0 aliphatic carbocycles. The summed E-state index contributed by atoms with van der Waals surface area (Å²) in [6.45, 7) is 6.55. The number of aromatic nitrogens is 2. The monoisotopic (exact) mass is 420 g/mol. The summed E-state index contributed by atoms with van der Waals surface area (Å²) in [4.78, 5) is 5.21. The van der Waals surface area contributed by atoms with E-state index >= 15 is 0 Å². The van der Waals surface area contributed by atoms with Crippen molar-refractivity contribution >= 4 is 11.0 Å². The van der Waals surface area contributed by atoms with E-state index in [4.69, 9.17) is 4.98 Å². The van der Waals surface area contributed by atoms with Crippen molar-refractivity contribution in [3.63, 3.8) is 0 Å². The lowest BCUT2D eigenvalue weighted by Crippen LogP contribution is -2.30. The first kappa shape index (κ1) is 21.8. The van der Waals surface area contributed by atoms with Gasteiger partial charge in [0.05, 0.1) is 11.0 Å². The molecular formula is C26H36N4O. The maximum atomic E-state index is 10.7. The minimum atomic E-state index is 0.302. The number of phenols is 1. The van der Waals surface area contributed by atoms with E-state index in [1.165, 1.54) is 11.1 Å². The van der Waals surface area contributed by atoms with Crippen LogP contribution in [0.2, 0.25) is 0 Å². The average Bonchev–Trinajstić information content (AvgIpc) is 3.19. The largest absolute Gasteiger partial charge is 0.508 e. The van der Waals surface area contributed by atoms with Gasteiger partial charge in [0.1, 0.15) is 11.6 Å². The summed E-state index contributed by atoms with van der Waals surface area (Å²) in [6.07, 6.45) is 4.99. The zero-order chi connectivity index (χ0) is 21.8. The zero-order valence-electron chi connectivity index (χ0n) is 19.1. The number of aryl methyl sites for hydroxylation is 1. The lowest BCUT2D eigenvalue weighted by Gasteiger charge is -2.28. The van der Waals surface area contributed by atoms with Crippen molar-refractivity contribution in [3.05, 3.63) is 59.4 Å². The molecule has 1 aromatic heterocycles. The van der Waals surface area contributed by atoms with E-state index in [1.807, 2.05) is 13.1 Å². The van der Waals surface area contributed by atoms with Crippen LogP contribution in [0.5, 0.6) is 5.75 Å². The van der Waals surface area contributed by atoms with Gasteiger partial charge in [-0.2, -0.15) is 0 Å². The highest BCUT2D eigenvalue weighted by Crippen LogP contribution is 2.36. The predicted octanol–water partition coefficient (Wildman–Crippen LogP) is 4.55. The first-order valence-electron chi connectivity index (χ1n) is 11.7. The number of nitrogens with zero attached hydrogens (tertiary/aromatic N) is 2. The summed E-state index contributed by atoms with van der Waals surface area (Å²) in [7, 11) is 1.99. The van der Waals surface area contributed by atoms with E-state index in [1.54, 1.807) is 0 Å². The van der Waals surface area contributed by atoms with Crippen LogP contribution < -0.4 is 10.6 Å². The number of piperidine rings is 1. The number of benzene rings is 2. The molecule has 1 fully saturated rings. The Bertz CT molecular complexity index is 992. The number of hydrogen-bond acceptors (Lipinski definition) is 4. The number of aromatic hydroxyl groups is 1. The minimum absolute atomic E-state index is 0.302. The van der Waals surface area contributed by atoms with Gasteiger partial charge < -0.3 is 20.3 Å². The number of rotatable bonds is 8. The molecule has 4 rings (SSSR count). The van der Waals surface area contributed by atoms with Crippen LogP contribution in [-0.4, -0.2) is 40.8 Å². The number of nitrogens with one attached hydrogen (secondary N) is 2. The molecule has 1 saturated heterocycles. The van der Waals surface area contributed by atoms with Crippen LogP contribution >= 0.6 is 0 Å². The molecule has 2 atom stereocenters. The highest BCUT2D eigenvalue weighted by molar-refractivity contribution is 5.82.